The van der Waals surface area contributed by atoms with Crippen molar-refractivity contribution in [3.63, 3.8) is 0 Å². The fourth-order valence-electron chi connectivity index (χ4n) is 3.24. The van der Waals surface area contributed by atoms with Gasteiger partial charge in [-0.1, -0.05) is 0 Å². The number of fused-ring (bicyclic) bond motifs is 1. The van der Waals surface area contributed by atoms with E-state index < -0.39 is 23.6 Å². The van der Waals surface area contributed by atoms with Crippen LogP contribution >= 0.6 is 0 Å². The van der Waals surface area contributed by atoms with Gasteiger partial charge in [0.2, 0.25) is 5.91 Å². The first-order valence-corrected chi connectivity index (χ1v) is 8.71. The molecule has 2 heterocycles. The van der Waals surface area contributed by atoms with E-state index in [4.69, 9.17) is 0 Å². The van der Waals surface area contributed by atoms with Crippen LogP contribution < -0.4 is 10.2 Å². The minimum absolute atomic E-state index is 0.182. The second-order valence-corrected chi connectivity index (χ2v) is 6.82. The minimum Gasteiger partial charge on any atom is -0.356 e. The van der Waals surface area contributed by atoms with Gasteiger partial charge < -0.3 is 10.2 Å². The second kappa shape index (κ2) is 7.57. The second-order valence-electron chi connectivity index (χ2n) is 6.82. The lowest BCUT2D eigenvalue weighted by molar-refractivity contribution is -0.141. The molecule has 0 saturated carbocycles. The van der Waals surface area contributed by atoms with Crippen LogP contribution in [0.4, 0.5) is 37.7 Å². The average Bonchev–Trinajstić information content (AvgIpc) is 2.64. The van der Waals surface area contributed by atoms with Gasteiger partial charge in [0.1, 0.15) is 5.69 Å². The molecule has 0 radical (unpaired) electrons. The SMILES string of the molecule is CC(=O)NCC1Cc2nc(C(F)(F)F)ccc2N(c2ccc(C(F)(F)F)cc2)C1. The van der Waals surface area contributed by atoms with Crippen LogP contribution in [0.3, 0.4) is 0 Å². The number of halogens is 6. The van der Waals surface area contributed by atoms with Gasteiger partial charge in [-0.05, 0) is 48.7 Å². The van der Waals surface area contributed by atoms with Crippen LogP contribution in [-0.2, 0) is 23.6 Å². The molecule has 156 valence electrons. The van der Waals surface area contributed by atoms with Crippen LogP contribution in [-0.4, -0.2) is 24.0 Å². The number of hydrogen-bond donors (Lipinski definition) is 1. The van der Waals surface area contributed by atoms with Gasteiger partial charge >= 0.3 is 12.4 Å². The molecule has 4 nitrogen and oxygen atoms in total. The van der Waals surface area contributed by atoms with Crippen molar-refractivity contribution in [1.29, 1.82) is 0 Å². The molecular formula is C19H17F6N3O. The summed E-state index contributed by atoms with van der Waals surface area (Å²) < 4.78 is 77.6. The topological polar surface area (TPSA) is 45.2 Å². The number of rotatable bonds is 3. The number of anilines is 2. The van der Waals surface area contributed by atoms with Crippen LogP contribution in [0.2, 0.25) is 0 Å². The zero-order valence-corrected chi connectivity index (χ0v) is 15.2. The largest absolute Gasteiger partial charge is 0.433 e. The molecule has 1 aliphatic rings. The standard InChI is InChI=1S/C19H17F6N3O/c1-11(29)26-9-12-8-15-16(6-7-17(27-15)19(23,24)25)28(10-12)14-4-2-13(3-5-14)18(20,21)22/h2-7,12H,8-10H2,1H3,(H,26,29). The van der Waals surface area contributed by atoms with Crippen molar-refractivity contribution in [2.24, 2.45) is 5.92 Å². The number of hydrogen-bond acceptors (Lipinski definition) is 3. The first kappa shape index (κ1) is 20.9. The van der Waals surface area contributed by atoms with E-state index in [0.29, 0.717) is 17.9 Å². The molecule has 0 aliphatic carbocycles. The minimum atomic E-state index is -4.61. The molecule has 29 heavy (non-hydrogen) atoms. The average molecular weight is 417 g/mol. The van der Waals surface area contributed by atoms with Gasteiger partial charge in [0, 0.05) is 25.7 Å². The molecule has 3 rings (SSSR count). The van der Waals surface area contributed by atoms with Crippen molar-refractivity contribution >= 4 is 17.3 Å². The predicted molar refractivity (Wildman–Crippen MR) is 93.6 cm³/mol. The highest BCUT2D eigenvalue weighted by Crippen LogP contribution is 2.38. The lowest BCUT2D eigenvalue weighted by atomic mass is 9.95. The normalized spacial score (nSPS) is 17.1. The van der Waals surface area contributed by atoms with Crippen molar-refractivity contribution < 1.29 is 31.1 Å². The monoisotopic (exact) mass is 417 g/mol. The van der Waals surface area contributed by atoms with Crippen molar-refractivity contribution in [1.82, 2.24) is 10.3 Å². The van der Waals surface area contributed by atoms with E-state index in [1.807, 2.05) is 0 Å². The zero-order valence-electron chi connectivity index (χ0n) is 15.2. The van der Waals surface area contributed by atoms with Gasteiger partial charge in [-0.15, -0.1) is 0 Å². The third kappa shape index (κ3) is 4.80. The van der Waals surface area contributed by atoms with Gasteiger partial charge in [-0.2, -0.15) is 26.3 Å². The quantitative estimate of drug-likeness (QED) is 0.745. The molecule has 1 aromatic carbocycles. The molecule has 0 spiro atoms. The lowest BCUT2D eigenvalue weighted by Gasteiger charge is -2.36. The Hall–Kier alpha value is -2.78. The predicted octanol–water partition coefficient (Wildman–Crippen LogP) is 4.57. The highest BCUT2D eigenvalue weighted by atomic mass is 19.4. The van der Waals surface area contributed by atoms with Crippen LogP contribution in [0.25, 0.3) is 0 Å². The van der Waals surface area contributed by atoms with E-state index in [1.165, 1.54) is 25.1 Å². The molecule has 0 bridgehead atoms. The van der Waals surface area contributed by atoms with E-state index in [-0.39, 0.29) is 30.5 Å². The lowest BCUT2D eigenvalue weighted by Crippen LogP contribution is -2.39. The number of nitrogens with zero attached hydrogens (tertiary/aromatic N) is 2. The summed E-state index contributed by atoms with van der Waals surface area (Å²) in [6, 6.07) is 6.51. The van der Waals surface area contributed by atoms with Crippen molar-refractivity contribution in [2.75, 3.05) is 18.0 Å². The maximum Gasteiger partial charge on any atom is 0.433 e. The fourth-order valence-corrected chi connectivity index (χ4v) is 3.24. The number of amides is 1. The van der Waals surface area contributed by atoms with Crippen LogP contribution in [0, 0.1) is 5.92 Å². The van der Waals surface area contributed by atoms with Gasteiger partial charge in [-0.3, -0.25) is 4.79 Å². The number of alkyl halides is 6. The van der Waals surface area contributed by atoms with E-state index >= 15 is 0 Å². The Morgan fingerprint density at radius 3 is 2.28 bits per heavy atom. The van der Waals surface area contributed by atoms with E-state index in [1.54, 1.807) is 4.90 Å². The Bertz CT molecular complexity index is 892. The van der Waals surface area contributed by atoms with E-state index in [9.17, 15) is 31.1 Å². The molecule has 0 saturated heterocycles. The van der Waals surface area contributed by atoms with E-state index in [2.05, 4.69) is 10.3 Å². The summed E-state index contributed by atoms with van der Waals surface area (Å²) in [5, 5.41) is 2.63. The highest BCUT2D eigenvalue weighted by molar-refractivity contribution is 5.73. The van der Waals surface area contributed by atoms with Crippen LogP contribution in [0.1, 0.15) is 23.9 Å². The van der Waals surface area contributed by atoms with E-state index in [0.717, 1.165) is 18.2 Å². The summed E-state index contributed by atoms with van der Waals surface area (Å²) in [6.45, 7) is 1.85. The van der Waals surface area contributed by atoms with Crippen molar-refractivity contribution in [2.45, 2.75) is 25.7 Å². The third-order valence-electron chi connectivity index (χ3n) is 4.60. The Morgan fingerprint density at radius 1 is 1.07 bits per heavy atom. The Balaban J connectivity index is 1.98. The molecule has 10 heteroatoms. The summed E-state index contributed by atoms with van der Waals surface area (Å²) in [5.74, 6) is -0.543. The number of aromatic nitrogens is 1. The van der Waals surface area contributed by atoms with Crippen LogP contribution in [0.5, 0.6) is 0 Å². The number of benzene rings is 1. The molecule has 1 aliphatic heterocycles. The summed E-state index contributed by atoms with van der Waals surface area (Å²) in [6.07, 6.45) is -8.90. The Labute approximate surface area is 162 Å². The third-order valence-corrected chi connectivity index (χ3v) is 4.60. The van der Waals surface area contributed by atoms with Gasteiger partial charge in [0.25, 0.3) is 0 Å². The summed E-state index contributed by atoms with van der Waals surface area (Å²) in [4.78, 5) is 16.6. The molecular weight excluding hydrogens is 400 g/mol. The molecule has 1 aromatic heterocycles. The van der Waals surface area contributed by atoms with Gasteiger partial charge in [0.05, 0.1) is 16.9 Å². The smallest absolute Gasteiger partial charge is 0.356 e. The summed E-state index contributed by atoms with van der Waals surface area (Å²) in [7, 11) is 0. The summed E-state index contributed by atoms with van der Waals surface area (Å²) >= 11 is 0. The first-order valence-electron chi connectivity index (χ1n) is 8.71. The zero-order chi connectivity index (χ0) is 21.4. The number of carbonyl (C=O) groups excluding carboxylic acids is 1. The van der Waals surface area contributed by atoms with Crippen molar-refractivity contribution in [3.8, 4) is 0 Å². The number of carbonyl (C=O) groups is 1. The van der Waals surface area contributed by atoms with Gasteiger partial charge in [-0.25, -0.2) is 4.98 Å². The maximum absolute atomic E-state index is 13.0. The first-order chi connectivity index (χ1) is 13.4. The molecule has 2 aromatic rings. The molecule has 1 atom stereocenters. The van der Waals surface area contributed by atoms with Crippen molar-refractivity contribution in [3.05, 3.63) is 53.3 Å². The number of pyridine rings is 1. The fraction of sp³-hybridized carbons (Fsp3) is 0.368. The summed E-state index contributed by atoms with van der Waals surface area (Å²) in [5.41, 5.74) is -0.880. The van der Waals surface area contributed by atoms with Crippen LogP contribution in [0.15, 0.2) is 36.4 Å². The molecule has 1 unspecified atom stereocenters. The Morgan fingerprint density at radius 2 is 1.72 bits per heavy atom. The van der Waals surface area contributed by atoms with Gasteiger partial charge in [0.15, 0.2) is 0 Å². The molecule has 0 fully saturated rings. The maximum atomic E-state index is 13.0. The molecule has 1 N–H and O–H groups in total. The highest BCUT2D eigenvalue weighted by Gasteiger charge is 2.35. The Kier molecular flexibility index (Phi) is 5.46. The number of nitrogens with one attached hydrogen (secondary N) is 1. The molecule has 1 amide bonds.